The molecule has 1 atom stereocenters. The summed E-state index contributed by atoms with van der Waals surface area (Å²) < 4.78 is 4.26. The molecule has 98 valence electrons. The van der Waals surface area contributed by atoms with Gasteiger partial charge in [-0.1, -0.05) is 13.8 Å². The highest BCUT2D eigenvalue weighted by Crippen LogP contribution is 2.21. The van der Waals surface area contributed by atoms with Crippen LogP contribution in [-0.2, 0) is 13.6 Å². The molecular weight excluding hydrogens is 224 g/mol. The highest BCUT2D eigenvalue weighted by molar-refractivity contribution is 5.17. The molecule has 0 aliphatic rings. The predicted octanol–water partition coefficient (Wildman–Crippen LogP) is 2.19. The van der Waals surface area contributed by atoms with Gasteiger partial charge in [0.1, 0.15) is 0 Å². The Balaban J connectivity index is 2.13. The van der Waals surface area contributed by atoms with Gasteiger partial charge in [-0.3, -0.25) is 0 Å². The Morgan fingerprint density at radius 3 is 2.72 bits per heavy atom. The summed E-state index contributed by atoms with van der Waals surface area (Å²) in [7, 11) is 4.04. The molecule has 0 aliphatic carbocycles. The van der Waals surface area contributed by atoms with Crippen LogP contribution in [0, 0.1) is 5.92 Å². The molecule has 2 rings (SSSR count). The lowest BCUT2D eigenvalue weighted by Gasteiger charge is -2.18. The van der Waals surface area contributed by atoms with Crippen molar-refractivity contribution in [1.82, 2.24) is 19.4 Å². The minimum Gasteiger partial charge on any atom is -0.348 e. The molecule has 18 heavy (non-hydrogen) atoms. The molecule has 0 fully saturated rings. The van der Waals surface area contributed by atoms with E-state index in [2.05, 4.69) is 51.7 Å². The summed E-state index contributed by atoms with van der Waals surface area (Å²) in [4.78, 5) is 4.14. The molecule has 0 saturated heterocycles. The summed E-state index contributed by atoms with van der Waals surface area (Å²) in [5.41, 5.74) is 2.55. The lowest BCUT2D eigenvalue weighted by molar-refractivity contribution is 0.442. The number of hydrogen-bond donors (Lipinski definition) is 1. The van der Waals surface area contributed by atoms with Gasteiger partial charge in [-0.2, -0.15) is 0 Å². The van der Waals surface area contributed by atoms with E-state index in [4.69, 9.17) is 0 Å². The van der Waals surface area contributed by atoms with Crippen molar-refractivity contribution in [3.8, 4) is 0 Å². The van der Waals surface area contributed by atoms with Crippen LogP contribution in [-0.4, -0.2) is 21.2 Å². The van der Waals surface area contributed by atoms with Gasteiger partial charge in [0.2, 0.25) is 0 Å². The normalized spacial score (nSPS) is 13.2. The molecule has 4 heteroatoms. The molecule has 2 heterocycles. The van der Waals surface area contributed by atoms with Crippen LogP contribution < -0.4 is 5.32 Å². The Hall–Kier alpha value is -1.55. The maximum atomic E-state index is 4.14. The summed E-state index contributed by atoms with van der Waals surface area (Å²) in [6.07, 6.45) is 8.10. The second-order valence-corrected chi connectivity index (χ2v) is 5.12. The zero-order valence-electron chi connectivity index (χ0n) is 11.6. The third kappa shape index (κ3) is 2.64. The predicted molar refractivity (Wildman–Crippen MR) is 73.4 cm³/mol. The zero-order chi connectivity index (χ0) is 13.1. The van der Waals surface area contributed by atoms with Crippen molar-refractivity contribution < 1.29 is 0 Å². The Kier molecular flexibility index (Phi) is 3.87. The van der Waals surface area contributed by atoms with E-state index in [1.807, 2.05) is 26.6 Å². The number of aryl methyl sites for hydroxylation is 1. The van der Waals surface area contributed by atoms with Crippen LogP contribution in [0.5, 0.6) is 0 Å². The number of aromatic nitrogens is 3. The van der Waals surface area contributed by atoms with Gasteiger partial charge in [0.25, 0.3) is 0 Å². The van der Waals surface area contributed by atoms with Crippen LogP contribution in [0.3, 0.4) is 0 Å². The van der Waals surface area contributed by atoms with Crippen LogP contribution in [0.25, 0.3) is 0 Å². The van der Waals surface area contributed by atoms with Gasteiger partial charge in [-0.05, 0) is 24.6 Å². The fraction of sp³-hybridized carbons (Fsp3) is 0.500. The van der Waals surface area contributed by atoms with E-state index in [1.54, 1.807) is 0 Å². The fourth-order valence-electron chi connectivity index (χ4n) is 2.35. The quantitative estimate of drug-likeness (QED) is 0.877. The molecule has 2 aromatic heterocycles. The van der Waals surface area contributed by atoms with E-state index in [1.165, 1.54) is 11.3 Å². The molecule has 0 amide bonds. The van der Waals surface area contributed by atoms with Crippen LogP contribution in [0.2, 0.25) is 0 Å². The molecule has 0 aromatic carbocycles. The highest BCUT2D eigenvalue weighted by Gasteiger charge is 2.14. The second-order valence-electron chi connectivity index (χ2n) is 5.12. The molecule has 0 bridgehead atoms. The average molecular weight is 246 g/mol. The van der Waals surface area contributed by atoms with Gasteiger partial charge in [0.05, 0.1) is 18.6 Å². The average Bonchev–Trinajstić information content (AvgIpc) is 2.91. The van der Waals surface area contributed by atoms with Crippen LogP contribution in [0.4, 0.5) is 0 Å². The number of nitrogens with one attached hydrogen (secondary N) is 1. The summed E-state index contributed by atoms with van der Waals surface area (Å²) in [6, 6.07) is 2.61. The molecule has 0 saturated carbocycles. The molecule has 1 unspecified atom stereocenters. The van der Waals surface area contributed by atoms with Crippen LogP contribution in [0.15, 0.2) is 31.0 Å². The minimum absolute atomic E-state index is 0.415. The monoisotopic (exact) mass is 246 g/mol. The number of imidazole rings is 1. The molecular formula is C14H22N4. The van der Waals surface area contributed by atoms with Crippen molar-refractivity contribution in [3.05, 3.63) is 42.2 Å². The summed E-state index contributed by atoms with van der Waals surface area (Å²) in [6.45, 7) is 5.34. The van der Waals surface area contributed by atoms with Crippen molar-refractivity contribution >= 4 is 0 Å². The molecule has 0 aliphatic heterocycles. The molecule has 0 spiro atoms. The third-order valence-corrected chi connectivity index (χ3v) is 3.37. The van der Waals surface area contributed by atoms with Crippen LogP contribution >= 0.6 is 0 Å². The fourth-order valence-corrected chi connectivity index (χ4v) is 2.35. The van der Waals surface area contributed by atoms with Gasteiger partial charge in [-0.25, -0.2) is 4.98 Å². The van der Waals surface area contributed by atoms with E-state index in [9.17, 15) is 0 Å². The molecule has 1 N–H and O–H groups in total. The first-order valence-electron chi connectivity index (χ1n) is 6.40. The van der Waals surface area contributed by atoms with Gasteiger partial charge >= 0.3 is 0 Å². The number of hydrogen-bond acceptors (Lipinski definition) is 2. The number of nitrogens with zero attached hydrogens (tertiary/aromatic N) is 3. The Labute approximate surface area is 109 Å². The minimum atomic E-state index is 0.415. The van der Waals surface area contributed by atoms with Crippen molar-refractivity contribution in [1.29, 1.82) is 0 Å². The largest absolute Gasteiger partial charge is 0.348 e. The molecule has 0 radical (unpaired) electrons. The highest BCUT2D eigenvalue weighted by atomic mass is 15.1. The Morgan fingerprint density at radius 1 is 1.39 bits per heavy atom. The van der Waals surface area contributed by atoms with Gasteiger partial charge in [0.15, 0.2) is 0 Å². The Bertz CT molecular complexity index is 495. The van der Waals surface area contributed by atoms with Gasteiger partial charge < -0.3 is 14.5 Å². The van der Waals surface area contributed by atoms with E-state index in [-0.39, 0.29) is 0 Å². The Morgan fingerprint density at radius 2 is 2.17 bits per heavy atom. The lowest BCUT2D eigenvalue weighted by Crippen LogP contribution is -2.21. The second kappa shape index (κ2) is 5.40. The molecule has 4 nitrogen and oxygen atoms in total. The lowest BCUT2D eigenvalue weighted by atomic mass is 9.99. The van der Waals surface area contributed by atoms with Crippen molar-refractivity contribution in [2.45, 2.75) is 26.4 Å². The van der Waals surface area contributed by atoms with E-state index in [0.717, 1.165) is 6.54 Å². The summed E-state index contributed by atoms with van der Waals surface area (Å²) in [5.74, 6) is 0.586. The standard InChI is InChI=1S/C14H22N4/c1-11(2)14(15-3)12-5-6-18(8-12)9-13-7-16-10-17(13)4/h5-8,10-11,14-15H,9H2,1-4H3. The van der Waals surface area contributed by atoms with E-state index in [0.29, 0.717) is 12.0 Å². The van der Waals surface area contributed by atoms with E-state index < -0.39 is 0 Å². The smallest absolute Gasteiger partial charge is 0.0946 e. The van der Waals surface area contributed by atoms with Crippen molar-refractivity contribution in [2.24, 2.45) is 13.0 Å². The SMILES string of the molecule is CNC(c1ccn(Cc2cncn2C)c1)C(C)C. The van der Waals surface area contributed by atoms with Crippen LogP contribution in [0.1, 0.15) is 31.1 Å². The number of rotatable bonds is 5. The third-order valence-electron chi connectivity index (χ3n) is 3.37. The summed E-state index contributed by atoms with van der Waals surface area (Å²) in [5, 5.41) is 3.37. The van der Waals surface area contributed by atoms with Gasteiger partial charge in [-0.15, -0.1) is 0 Å². The first kappa shape index (κ1) is 12.9. The summed E-state index contributed by atoms with van der Waals surface area (Å²) >= 11 is 0. The zero-order valence-corrected chi connectivity index (χ0v) is 11.6. The maximum absolute atomic E-state index is 4.14. The van der Waals surface area contributed by atoms with E-state index >= 15 is 0 Å². The van der Waals surface area contributed by atoms with Gasteiger partial charge in [0, 0.05) is 31.7 Å². The topological polar surface area (TPSA) is 34.8 Å². The maximum Gasteiger partial charge on any atom is 0.0946 e. The van der Waals surface area contributed by atoms with Crippen molar-refractivity contribution in [2.75, 3.05) is 7.05 Å². The molecule has 2 aromatic rings. The van der Waals surface area contributed by atoms with Crippen molar-refractivity contribution in [3.63, 3.8) is 0 Å². The first-order chi connectivity index (χ1) is 8.61. The first-order valence-corrected chi connectivity index (χ1v) is 6.40.